The first-order chi connectivity index (χ1) is 9.94. The molecule has 1 aromatic carbocycles. The van der Waals surface area contributed by atoms with Crippen LogP contribution in [-0.2, 0) is 0 Å². The summed E-state index contributed by atoms with van der Waals surface area (Å²) in [5, 5.41) is 11.8. The zero-order valence-electron chi connectivity index (χ0n) is 12.6. The molecular formula is C16H22N2O3. The molecule has 2 rings (SSSR count). The van der Waals surface area contributed by atoms with Crippen LogP contribution in [-0.4, -0.2) is 48.1 Å². The van der Waals surface area contributed by atoms with E-state index < -0.39 is 5.97 Å². The molecule has 0 saturated heterocycles. The van der Waals surface area contributed by atoms with Crippen molar-refractivity contribution in [1.29, 1.82) is 0 Å². The Kier molecular flexibility index (Phi) is 4.63. The molecule has 1 aliphatic rings. The molecule has 0 bridgehead atoms. The van der Waals surface area contributed by atoms with Gasteiger partial charge in [0.25, 0.3) is 5.91 Å². The predicted octanol–water partition coefficient (Wildman–Crippen LogP) is 1.99. The Bertz CT molecular complexity index is 517. The van der Waals surface area contributed by atoms with Crippen molar-refractivity contribution in [3.63, 3.8) is 0 Å². The molecule has 0 radical (unpaired) electrons. The van der Waals surface area contributed by atoms with Gasteiger partial charge >= 0.3 is 5.97 Å². The van der Waals surface area contributed by atoms with Gasteiger partial charge in [0.2, 0.25) is 0 Å². The number of nitrogens with zero attached hydrogens (tertiary/aromatic N) is 1. The molecular weight excluding hydrogens is 268 g/mol. The smallest absolute Gasteiger partial charge is 0.335 e. The highest BCUT2D eigenvalue weighted by Crippen LogP contribution is 2.33. The van der Waals surface area contributed by atoms with Crippen LogP contribution in [0.3, 0.4) is 0 Å². The van der Waals surface area contributed by atoms with Gasteiger partial charge in [-0.2, -0.15) is 0 Å². The predicted molar refractivity (Wildman–Crippen MR) is 80.6 cm³/mol. The fourth-order valence-corrected chi connectivity index (χ4v) is 2.93. The first-order valence-corrected chi connectivity index (χ1v) is 7.24. The molecule has 5 heteroatoms. The van der Waals surface area contributed by atoms with Gasteiger partial charge in [0.15, 0.2) is 0 Å². The molecule has 0 spiro atoms. The normalized spacial score (nSPS) is 16.9. The number of rotatable bonds is 5. The van der Waals surface area contributed by atoms with Crippen LogP contribution < -0.4 is 5.32 Å². The number of benzene rings is 1. The molecule has 114 valence electrons. The summed E-state index contributed by atoms with van der Waals surface area (Å²) in [7, 11) is 4.11. The SMILES string of the molecule is CN(C)C1(CNC(=O)c2ccc(C(=O)O)cc2)CCCC1. The average Bonchev–Trinajstić information content (AvgIpc) is 2.95. The van der Waals surface area contributed by atoms with E-state index in [0.717, 1.165) is 12.8 Å². The highest BCUT2D eigenvalue weighted by Gasteiger charge is 2.36. The van der Waals surface area contributed by atoms with Gasteiger partial charge in [0.05, 0.1) is 5.56 Å². The molecule has 1 aromatic rings. The van der Waals surface area contributed by atoms with Crippen molar-refractivity contribution < 1.29 is 14.7 Å². The van der Waals surface area contributed by atoms with Crippen LogP contribution >= 0.6 is 0 Å². The standard InChI is InChI=1S/C16H22N2O3/c1-18(2)16(9-3-4-10-16)11-17-14(19)12-5-7-13(8-6-12)15(20)21/h5-8H,3-4,9-11H2,1-2H3,(H,17,19)(H,20,21). The number of aromatic carboxylic acids is 1. The van der Waals surface area contributed by atoms with Gasteiger partial charge in [-0.15, -0.1) is 0 Å². The number of carboxylic acids is 1. The Balaban J connectivity index is 1.99. The van der Waals surface area contributed by atoms with Gasteiger partial charge < -0.3 is 15.3 Å². The molecule has 21 heavy (non-hydrogen) atoms. The number of hydrogen-bond donors (Lipinski definition) is 2. The number of likely N-dealkylation sites (N-methyl/N-ethyl adjacent to an activating group) is 1. The number of carbonyl (C=O) groups excluding carboxylic acids is 1. The molecule has 1 fully saturated rings. The summed E-state index contributed by atoms with van der Waals surface area (Å²) in [5.74, 6) is -1.14. The van der Waals surface area contributed by atoms with Gasteiger partial charge in [-0.25, -0.2) is 4.79 Å². The van der Waals surface area contributed by atoms with Gasteiger partial charge in [0.1, 0.15) is 0 Å². The maximum atomic E-state index is 12.2. The summed E-state index contributed by atoms with van der Waals surface area (Å²) in [5.41, 5.74) is 0.732. The lowest BCUT2D eigenvalue weighted by atomic mass is 9.96. The van der Waals surface area contributed by atoms with Crippen molar-refractivity contribution in [2.24, 2.45) is 0 Å². The number of carboxylic acid groups (broad SMARTS) is 1. The van der Waals surface area contributed by atoms with E-state index in [1.807, 2.05) is 0 Å². The summed E-state index contributed by atoms with van der Waals surface area (Å²) in [6.45, 7) is 0.625. The van der Waals surface area contributed by atoms with E-state index >= 15 is 0 Å². The highest BCUT2D eigenvalue weighted by molar-refractivity contribution is 5.95. The molecule has 1 amide bonds. The van der Waals surface area contributed by atoms with Gasteiger partial charge in [0, 0.05) is 17.6 Å². The van der Waals surface area contributed by atoms with Crippen LogP contribution in [0.2, 0.25) is 0 Å². The van der Waals surface area contributed by atoms with Crippen molar-refractivity contribution >= 4 is 11.9 Å². The van der Waals surface area contributed by atoms with E-state index in [1.54, 1.807) is 12.1 Å². The number of carbonyl (C=O) groups is 2. The summed E-state index contributed by atoms with van der Waals surface area (Å²) >= 11 is 0. The van der Waals surface area contributed by atoms with Crippen molar-refractivity contribution in [3.05, 3.63) is 35.4 Å². The second-order valence-electron chi connectivity index (χ2n) is 5.89. The minimum absolute atomic E-state index is 0.0522. The summed E-state index contributed by atoms with van der Waals surface area (Å²) < 4.78 is 0. The summed E-state index contributed by atoms with van der Waals surface area (Å²) in [6.07, 6.45) is 4.58. The van der Waals surface area contributed by atoms with Crippen LogP contribution in [0.25, 0.3) is 0 Å². The van der Waals surface area contributed by atoms with Crippen molar-refractivity contribution in [2.45, 2.75) is 31.2 Å². The Hall–Kier alpha value is -1.88. The number of amides is 1. The van der Waals surface area contributed by atoms with E-state index in [9.17, 15) is 9.59 Å². The molecule has 0 unspecified atom stereocenters. The number of nitrogens with one attached hydrogen (secondary N) is 1. The van der Waals surface area contributed by atoms with Crippen LogP contribution in [0.15, 0.2) is 24.3 Å². The molecule has 0 atom stereocenters. The maximum absolute atomic E-state index is 12.2. The Labute approximate surface area is 125 Å². The third-order valence-corrected chi connectivity index (χ3v) is 4.45. The zero-order valence-corrected chi connectivity index (χ0v) is 12.6. The van der Waals surface area contributed by atoms with E-state index in [0.29, 0.717) is 12.1 Å². The second kappa shape index (κ2) is 6.26. The molecule has 1 saturated carbocycles. The van der Waals surface area contributed by atoms with E-state index in [4.69, 9.17) is 5.11 Å². The number of hydrogen-bond acceptors (Lipinski definition) is 3. The van der Waals surface area contributed by atoms with Gasteiger partial charge in [-0.05, 0) is 51.2 Å². The maximum Gasteiger partial charge on any atom is 0.335 e. The largest absolute Gasteiger partial charge is 0.478 e. The molecule has 2 N–H and O–H groups in total. The van der Waals surface area contributed by atoms with Crippen LogP contribution in [0.5, 0.6) is 0 Å². The topological polar surface area (TPSA) is 69.6 Å². The van der Waals surface area contributed by atoms with Crippen LogP contribution in [0.1, 0.15) is 46.4 Å². The average molecular weight is 290 g/mol. The Morgan fingerprint density at radius 1 is 1.14 bits per heavy atom. The van der Waals surface area contributed by atoms with Crippen molar-refractivity contribution in [2.75, 3.05) is 20.6 Å². The van der Waals surface area contributed by atoms with Gasteiger partial charge in [-0.3, -0.25) is 4.79 Å². The summed E-state index contributed by atoms with van der Waals surface area (Å²) in [4.78, 5) is 25.2. The monoisotopic (exact) mass is 290 g/mol. The second-order valence-corrected chi connectivity index (χ2v) is 5.89. The molecule has 5 nitrogen and oxygen atoms in total. The Morgan fingerprint density at radius 2 is 1.67 bits per heavy atom. The lowest BCUT2D eigenvalue weighted by Crippen LogP contribution is -2.50. The quantitative estimate of drug-likeness (QED) is 0.870. The van der Waals surface area contributed by atoms with Gasteiger partial charge in [-0.1, -0.05) is 12.8 Å². The van der Waals surface area contributed by atoms with E-state index in [2.05, 4.69) is 24.3 Å². The first kappa shape index (κ1) is 15.5. The lowest BCUT2D eigenvalue weighted by molar-refractivity contribution is 0.0696. The van der Waals surface area contributed by atoms with Crippen molar-refractivity contribution in [3.8, 4) is 0 Å². The fourth-order valence-electron chi connectivity index (χ4n) is 2.93. The zero-order chi connectivity index (χ0) is 15.5. The molecule has 0 heterocycles. The molecule has 1 aliphatic carbocycles. The minimum atomic E-state index is -0.987. The molecule has 0 aromatic heterocycles. The third kappa shape index (κ3) is 3.42. The molecule has 0 aliphatic heterocycles. The fraction of sp³-hybridized carbons (Fsp3) is 0.500. The minimum Gasteiger partial charge on any atom is -0.478 e. The highest BCUT2D eigenvalue weighted by atomic mass is 16.4. The third-order valence-electron chi connectivity index (χ3n) is 4.45. The summed E-state index contributed by atoms with van der Waals surface area (Å²) in [6, 6.07) is 6.01. The Morgan fingerprint density at radius 3 is 2.14 bits per heavy atom. The lowest BCUT2D eigenvalue weighted by Gasteiger charge is -2.36. The first-order valence-electron chi connectivity index (χ1n) is 7.24. The van der Waals surface area contributed by atoms with E-state index in [1.165, 1.54) is 25.0 Å². The van der Waals surface area contributed by atoms with Crippen molar-refractivity contribution in [1.82, 2.24) is 10.2 Å². The van der Waals surface area contributed by atoms with Crippen LogP contribution in [0, 0.1) is 0 Å². The van der Waals surface area contributed by atoms with Crippen LogP contribution in [0.4, 0.5) is 0 Å². The van der Waals surface area contributed by atoms with E-state index in [-0.39, 0.29) is 17.0 Å².